The summed E-state index contributed by atoms with van der Waals surface area (Å²) in [5.41, 5.74) is 2.59. The maximum absolute atomic E-state index is 13.3. The fraction of sp³-hybridized carbons (Fsp3) is 0.263. The van der Waals surface area contributed by atoms with Crippen LogP contribution in [-0.4, -0.2) is 33.5 Å². The Morgan fingerprint density at radius 2 is 2.04 bits per heavy atom. The van der Waals surface area contributed by atoms with Crippen molar-refractivity contribution in [3.05, 3.63) is 52.8 Å². The molecule has 1 aromatic carbocycles. The largest absolute Gasteiger partial charge is 0.487 e. The Morgan fingerprint density at radius 3 is 2.81 bits per heavy atom. The Labute approximate surface area is 155 Å². The van der Waals surface area contributed by atoms with Crippen LogP contribution >= 0.6 is 11.3 Å². The molecule has 2 aromatic heterocycles. The Balaban J connectivity index is 1.72. The van der Waals surface area contributed by atoms with Crippen LogP contribution in [-0.2, 0) is 0 Å². The average Bonchev–Trinajstić information content (AvgIpc) is 3.02. The molecule has 4 rings (SSSR count). The van der Waals surface area contributed by atoms with Crippen LogP contribution in [0.1, 0.15) is 27.9 Å². The van der Waals surface area contributed by atoms with Gasteiger partial charge in [-0.15, -0.1) is 11.3 Å². The van der Waals surface area contributed by atoms with E-state index in [1.54, 1.807) is 23.4 Å². The molecule has 1 aliphatic rings. The lowest BCUT2D eigenvalue weighted by molar-refractivity contribution is 0.0964. The van der Waals surface area contributed by atoms with Gasteiger partial charge in [-0.2, -0.15) is 0 Å². The Morgan fingerprint density at radius 1 is 1.27 bits per heavy atom. The zero-order chi connectivity index (χ0) is 18.3. The molecule has 7 heteroatoms. The monoisotopic (exact) mass is 366 g/mol. The summed E-state index contributed by atoms with van der Waals surface area (Å²) in [6, 6.07) is 7.64. The molecule has 0 unspecified atom stereocenters. The first-order chi connectivity index (χ1) is 12.5. The van der Waals surface area contributed by atoms with Crippen molar-refractivity contribution < 1.29 is 9.53 Å². The first kappa shape index (κ1) is 16.7. The minimum atomic E-state index is -0.0709. The van der Waals surface area contributed by atoms with Crippen molar-refractivity contribution in [2.75, 3.05) is 11.4 Å². The number of thiazole rings is 1. The van der Waals surface area contributed by atoms with Crippen molar-refractivity contribution in [2.45, 2.75) is 26.9 Å². The number of benzene rings is 1. The average molecular weight is 366 g/mol. The molecule has 0 spiro atoms. The van der Waals surface area contributed by atoms with Gasteiger partial charge in [0.15, 0.2) is 10.8 Å². The fourth-order valence-corrected chi connectivity index (χ4v) is 3.93. The molecule has 26 heavy (non-hydrogen) atoms. The van der Waals surface area contributed by atoms with Crippen molar-refractivity contribution in [3.63, 3.8) is 0 Å². The molecule has 3 aromatic rings. The maximum atomic E-state index is 13.3. The summed E-state index contributed by atoms with van der Waals surface area (Å²) in [6.45, 7) is 6.32. The van der Waals surface area contributed by atoms with Crippen LogP contribution < -0.4 is 9.64 Å². The highest BCUT2D eigenvalue weighted by molar-refractivity contribution is 7.17. The van der Waals surface area contributed by atoms with E-state index in [9.17, 15) is 4.79 Å². The Kier molecular flexibility index (Phi) is 4.16. The molecule has 3 heterocycles. The van der Waals surface area contributed by atoms with Crippen LogP contribution in [0.25, 0.3) is 10.8 Å². The zero-order valence-corrected chi connectivity index (χ0v) is 15.6. The lowest BCUT2D eigenvalue weighted by Gasteiger charge is -2.33. The van der Waals surface area contributed by atoms with Gasteiger partial charge in [-0.25, -0.2) is 15.0 Å². The van der Waals surface area contributed by atoms with Crippen molar-refractivity contribution in [1.29, 1.82) is 0 Å². The van der Waals surface area contributed by atoms with Gasteiger partial charge < -0.3 is 9.64 Å². The number of carbonyl (C=O) groups excluding carboxylic acids is 1. The van der Waals surface area contributed by atoms with Gasteiger partial charge in [0.1, 0.15) is 16.7 Å². The predicted octanol–water partition coefficient (Wildman–Crippen LogP) is 3.64. The van der Waals surface area contributed by atoms with E-state index in [1.807, 2.05) is 39.0 Å². The van der Waals surface area contributed by atoms with Gasteiger partial charge in [0.2, 0.25) is 0 Å². The summed E-state index contributed by atoms with van der Waals surface area (Å²) in [5, 5.41) is 0.650. The molecular formula is C19H18N4O2S. The summed E-state index contributed by atoms with van der Waals surface area (Å²) < 4.78 is 5.91. The van der Waals surface area contributed by atoms with Gasteiger partial charge in [-0.3, -0.25) is 4.79 Å². The SMILES string of the molecule is Cc1ccc2c(c1)O[C@@H](C)CN2C(=O)c1sc(-c2ncccn2)nc1C. The normalized spacial score (nSPS) is 16.1. The summed E-state index contributed by atoms with van der Waals surface area (Å²) in [7, 11) is 0. The summed E-state index contributed by atoms with van der Waals surface area (Å²) in [5.74, 6) is 1.21. The molecule has 1 aliphatic heterocycles. The highest BCUT2D eigenvalue weighted by atomic mass is 32.1. The van der Waals surface area contributed by atoms with E-state index in [-0.39, 0.29) is 12.0 Å². The van der Waals surface area contributed by atoms with Crippen molar-refractivity contribution >= 4 is 22.9 Å². The van der Waals surface area contributed by atoms with Crippen molar-refractivity contribution in [2.24, 2.45) is 0 Å². The molecule has 0 aliphatic carbocycles. The summed E-state index contributed by atoms with van der Waals surface area (Å²) >= 11 is 1.33. The second kappa shape index (κ2) is 6.49. The van der Waals surface area contributed by atoms with Gasteiger partial charge in [0.05, 0.1) is 17.9 Å². The van der Waals surface area contributed by atoms with Crippen molar-refractivity contribution in [3.8, 4) is 16.6 Å². The second-order valence-corrected chi connectivity index (χ2v) is 7.32. The predicted molar refractivity (Wildman–Crippen MR) is 101 cm³/mol. The van der Waals surface area contributed by atoms with E-state index in [2.05, 4.69) is 15.0 Å². The minimum Gasteiger partial charge on any atom is -0.487 e. The zero-order valence-electron chi connectivity index (χ0n) is 14.8. The van der Waals surface area contributed by atoms with Gasteiger partial charge in [0.25, 0.3) is 5.91 Å². The van der Waals surface area contributed by atoms with E-state index in [0.29, 0.717) is 27.9 Å². The number of anilines is 1. The number of hydrogen-bond donors (Lipinski definition) is 0. The molecular weight excluding hydrogens is 348 g/mol. The number of ether oxygens (including phenoxy) is 1. The number of nitrogens with zero attached hydrogens (tertiary/aromatic N) is 4. The van der Waals surface area contributed by atoms with E-state index >= 15 is 0 Å². The lowest BCUT2D eigenvalue weighted by Crippen LogP contribution is -2.42. The smallest absolute Gasteiger partial charge is 0.270 e. The lowest BCUT2D eigenvalue weighted by atomic mass is 10.1. The second-order valence-electron chi connectivity index (χ2n) is 6.32. The molecule has 6 nitrogen and oxygen atoms in total. The molecule has 1 amide bonds. The van der Waals surface area contributed by atoms with Crippen molar-refractivity contribution in [1.82, 2.24) is 15.0 Å². The molecule has 132 valence electrons. The van der Waals surface area contributed by atoms with Crippen LogP contribution in [0.2, 0.25) is 0 Å². The van der Waals surface area contributed by atoms with Crippen LogP contribution in [0.3, 0.4) is 0 Å². The standard InChI is InChI=1S/C19H18N4O2S/c1-11-5-6-14-15(9-11)25-12(2)10-23(14)19(24)16-13(3)22-18(26-16)17-20-7-4-8-21-17/h4-9,12H,10H2,1-3H3/t12-/m0/s1. The van der Waals surface area contributed by atoms with Crippen LogP contribution in [0.15, 0.2) is 36.7 Å². The highest BCUT2D eigenvalue weighted by Crippen LogP contribution is 2.36. The topological polar surface area (TPSA) is 68.2 Å². The number of amides is 1. The van der Waals surface area contributed by atoms with Crippen LogP contribution in [0.4, 0.5) is 5.69 Å². The van der Waals surface area contributed by atoms with Crippen LogP contribution in [0.5, 0.6) is 5.75 Å². The van der Waals surface area contributed by atoms with E-state index in [4.69, 9.17) is 4.74 Å². The molecule has 0 N–H and O–H groups in total. The number of aryl methyl sites for hydroxylation is 2. The van der Waals surface area contributed by atoms with Gasteiger partial charge in [0, 0.05) is 12.4 Å². The third-order valence-electron chi connectivity index (χ3n) is 4.17. The Hall–Kier alpha value is -2.80. The van der Waals surface area contributed by atoms with Gasteiger partial charge in [-0.1, -0.05) is 6.07 Å². The maximum Gasteiger partial charge on any atom is 0.270 e. The minimum absolute atomic E-state index is 0.0672. The molecule has 0 saturated heterocycles. The summed E-state index contributed by atoms with van der Waals surface area (Å²) in [6.07, 6.45) is 3.27. The first-order valence-corrected chi connectivity index (χ1v) is 9.18. The van der Waals surface area contributed by atoms with Crippen LogP contribution in [0, 0.1) is 13.8 Å². The number of hydrogen-bond acceptors (Lipinski definition) is 6. The summed E-state index contributed by atoms with van der Waals surface area (Å²) in [4.78, 5) is 28.6. The number of fused-ring (bicyclic) bond motifs is 1. The number of rotatable bonds is 2. The third-order valence-corrected chi connectivity index (χ3v) is 5.31. The highest BCUT2D eigenvalue weighted by Gasteiger charge is 2.30. The third kappa shape index (κ3) is 2.94. The fourth-order valence-electron chi connectivity index (χ4n) is 2.96. The van der Waals surface area contributed by atoms with E-state index in [1.165, 1.54) is 11.3 Å². The molecule has 1 atom stereocenters. The molecule has 0 radical (unpaired) electrons. The van der Waals surface area contributed by atoms with E-state index < -0.39 is 0 Å². The quantitative estimate of drug-likeness (QED) is 0.692. The number of aromatic nitrogens is 3. The molecule has 0 fully saturated rings. The molecule has 0 bridgehead atoms. The van der Waals surface area contributed by atoms with Gasteiger partial charge in [-0.05, 0) is 44.5 Å². The van der Waals surface area contributed by atoms with Gasteiger partial charge >= 0.3 is 0 Å². The first-order valence-electron chi connectivity index (χ1n) is 8.37. The number of carbonyl (C=O) groups is 1. The molecule has 0 saturated carbocycles. The Bertz CT molecular complexity index is 971. The van der Waals surface area contributed by atoms with E-state index in [0.717, 1.165) is 17.0 Å².